The number of nitrogens with zero attached hydrogens (tertiary/aromatic N) is 1. The summed E-state index contributed by atoms with van der Waals surface area (Å²) in [5.41, 5.74) is 0. The number of unbranched alkanes of at least 4 members (excludes halogenated alkanes) is 12. The number of carbonyl (C=O) groups excluding carboxylic acids is 1. The first kappa shape index (κ1) is 32.3. The van der Waals surface area contributed by atoms with Crippen LogP contribution in [0.25, 0.3) is 0 Å². The maximum atomic E-state index is 11.7. The van der Waals surface area contributed by atoms with Crippen LogP contribution < -0.4 is 0 Å². The maximum absolute atomic E-state index is 11.7. The van der Waals surface area contributed by atoms with Crippen LogP contribution >= 0.6 is 0 Å². The molecule has 0 atom stereocenters. The predicted molar refractivity (Wildman–Crippen MR) is 137 cm³/mol. The lowest BCUT2D eigenvalue weighted by Gasteiger charge is -2.23. The Hall–Kier alpha value is -0.690. The van der Waals surface area contributed by atoms with Gasteiger partial charge in [0.2, 0.25) is 0 Å². The van der Waals surface area contributed by atoms with E-state index in [0.29, 0.717) is 46.1 Å². The van der Waals surface area contributed by atoms with Crippen LogP contribution in [0.3, 0.4) is 0 Å². The van der Waals surface area contributed by atoms with Gasteiger partial charge in [0.25, 0.3) is 0 Å². The Morgan fingerprint density at radius 2 is 0.939 bits per heavy atom. The fraction of sp³-hybridized carbons (Fsp3) is 0.963. The van der Waals surface area contributed by atoms with Crippen molar-refractivity contribution in [3.05, 3.63) is 0 Å². The molecule has 0 N–H and O–H groups in total. The summed E-state index contributed by atoms with van der Waals surface area (Å²) in [6, 6.07) is 0. The van der Waals surface area contributed by atoms with Crippen molar-refractivity contribution in [2.45, 2.75) is 96.8 Å². The minimum Gasteiger partial charge on any atom is -0.463 e. The van der Waals surface area contributed by atoms with Gasteiger partial charge in [-0.15, -0.1) is 0 Å². The molecule has 0 aliphatic heterocycles. The van der Waals surface area contributed by atoms with Crippen molar-refractivity contribution in [3.63, 3.8) is 0 Å². The van der Waals surface area contributed by atoms with Crippen LogP contribution in [0.5, 0.6) is 0 Å². The van der Waals surface area contributed by atoms with E-state index >= 15 is 0 Å². The van der Waals surface area contributed by atoms with Gasteiger partial charge in [-0.1, -0.05) is 84.0 Å². The molecule has 0 bridgehead atoms. The molecule has 0 aromatic carbocycles. The molecular weight excluding hydrogens is 418 g/mol. The molecule has 0 unspecified atom stereocenters. The van der Waals surface area contributed by atoms with Gasteiger partial charge >= 0.3 is 5.97 Å². The number of likely N-dealkylation sites (N-methyl/N-ethyl adjacent to an activating group) is 1. The molecular formula is C27H56NO5+. The highest BCUT2D eigenvalue weighted by molar-refractivity contribution is 5.69. The van der Waals surface area contributed by atoms with E-state index in [-0.39, 0.29) is 5.97 Å². The number of hydrogen-bond acceptors (Lipinski definition) is 5. The zero-order valence-corrected chi connectivity index (χ0v) is 22.5. The Labute approximate surface area is 205 Å². The summed E-state index contributed by atoms with van der Waals surface area (Å²) in [6.07, 6.45) is 17.6. The van der Waals surface area contributed by atoms with Gasteiger partial charge in [-0.3, -0.25) is 4.79 Å². The number of esters is 1. The van der Waals surface area contributed by atoms with E-state index in [0.717, 1.165) is 30.5 Å². The molecule has 0 radical (unpaired) electrons. The zero-order chi connectivity index (χ0) is 24.5. The summed E-state index contributed by atoms with van der Waals surface area (Å²) in [7, 11) is 6.44. The predicted octanol–water partition coefficient (Wildman–Crippen LogP) is 5.77. The smallest absolute Gasteiger partial charge is 0.305 e. The summed E-state index contributed by atoms with van der Waals surface area (Å²) in [5.74, 6) is -0.107. The quantitative estimate of drug-likeness (QED) is 0.0905. The van der Waals surface area contributed by atoms with Gasteiger partial charge in [-0.05, 0) is 6.42 Å². The molecule has 6 nitrogen and oxygen atoms in total. The van der Waals surface area contributed by atoms with Crippen molar-refractivity contribution in [3.8, 4) is 0 Å². The molecule has 0 amide bonds. The fourth-order valence-corrected chi connectivity index (χ4v) is 3.45. The van der Waals surface area contributed by atoms with E-state index in [4.69, 9.17) is 18.9 Å². The van der Waals surface area contributed by atoms with Crippen molar-refractivity contribution in [1.82, 2.24) is 0 Å². The van der Waals surface area contributed by atoms with Crippen molar-refractivity contribution in [2.75, 3.05) is 73.9 Å². The van der Waals surface area contributed by atoms with Crippen LogP contribution in [0.15, 0.2) is 0 Å². The SMILES string of the molecule is CCCCCCCCCCCCCCCC(=O)OCCOCCOCCOCC[N+](C)(C)C. The molecule has 0 fully saturated rings. The molecule has 0 aromatic rings. The number of carbonyl (C=O) groups is 1. The van der Waals surface area contributed by atoms with Crippen LogP contribution in [0.2, 0.25) is 0 Å². The largest absolute Gasteiger partial charge is 0.463 e. The second kappa shape index (κ2) is 24.4. The first-order valence-electron chi connectivity index (χ1n) is 13.6. The average molecular weight is 475 g/mol. The molecule has 0 rings (SSSR count). The normalized spacial score (nSPS) is 11.8. The summed E-state index contributed by atoms with van der Waals surface area (Å²) >= 11 is 0. The molecule has 0 aromatic heterocycles. The Morgan fingerprint density at radius 1 is 0.545 bits per heavy atom. The third-order valence-corrected chi connectivity index (χ3v) is 5.63. The van der Waals surface area contributed by atoms with E-state index < -0.39 is 0 Å². The minimum absolute atomic E-state index is 0.107. The molecule has 0 saturated carbocycles. The van der Waals surface area contributed by atoms with Crippen LogP contribution in [-0.4, -0.2) is 84.4 Å². The van der Waals surface area contributed by atoms with E-state index in [1.165, 1.54) is 70.6 Å². The van der Waals surface area contributed by atoms with Crippen LogP contribution in [0.4, 0.5) is 0 Å². The van der Waals surface area contributed by atoms with Gasteiger partial charge in [0.15, 0.2) is 0 Å². The van der Waals surface area contributed by atoms with Crippen molar-refractivity contribution in [1.29, 1.82) is 0 Å². The van der Waals surface area contributed by atoms with Gasteiger partial charge in [0.05, 0.1) is 60.8 Å². The summed E-state index contributed by atoms with van der Waals surface area (Å²) in [4.78, 5) is 11.7. The van der Waals surface area contributed by atoms with E-state index in [1.807, 2.05) is 0 Å². The molecule has 0 heterocycles. The van der Waals surface area contributed by atoms with Gasteiger partial charge in [0, 0.05) is 6.42 Å². The number of rotatable bonds is 26. The molecule has 0 saturated heterocycles. The zero-order valence-electron chi connectivity index (χ0n) is 22.5. The highest BCUT2D eigenvalue weighted by Crippen LogP contribution is 2.13. The van der Waals surface area contributed by atoms with Crippen LogP contribution in [0.1, 0.15) is 96.8 Å². The maximum Gasteiger partial charge on any atom is 0.305 e. The van der Waals surface area contributed by atoms with Gasteiger partial charge < -0.3 is 23.4 Å². The molecule has 198 valence electrons. The second-order valence-corrected chi connectivity index (χ2v) is 10.1. The second-order valence-electron chi connectivity index (χ2n) is 10.1. The Bertz CT molecular complexity index is 412. The first-order valence-corrected chi connectivity index (χ1v) is 13.6. The monoisotopic (exact) mass is 474 g/mol. The molecule has 0 spiro atoms. The van der Waals surface area contributed by atoms with Crippen molar-refractivity contribution < 1.29 is 28.2 Å². The van der Waals surface area contributed by atoms with Crippen LogP contribution in [-0.2, 0) is 23.7 Å². The highest BCUT2D eigenvalue weighted by Gasteiger charge is 2.05. The molecule has 33 heavy (non-hydrogen) atoms. The summed E-state index contributed by atoms with van der Waals surface area (Å²) < 4.78 is 22.5. The van der Waals surface area contributed by atoms with Gasteiger partial charge in [-0.2, -0.15) is 0 Å². The minimum atomic E-state index is -0.107. The first-order chi connectivity index (χ1) is 16.0. The number of ether oxygens (including phenoxy) is 4. The molecule has 0 aliphatic carbocycles. The lowest BCUT2D eigenvalue weighted by Crippen LogP contribution is -2.37. The average Bonchev–Trinajstić information content (AvgIpc) is 2.77. The standard InChI is InChI=1S/C27H56NO5/c1-5-6-7-8-9-10-11-12-13-14-15-16-17-18-27(29)33-26-25-32-24-23-31-22-21-30-20-19-28(2,3)4/h5-26H2,1-4H3/q+1. The Morgan fingerprint density at radius 3 is 1.39 bits per heavy atom. The molecule has 0 aliphatic rings. The Balaban J connectivity index is 3.18. The molecule has 6 heteroatoms. The van der Waals surface area contributed by atoms with Gasteiger partial charge in [-0.25, -0.2) is 0 Å². The number of hydrogen-bond donors (Lipinski definition) is 0. The lowest BCUT2D eigenvalue weighted by molar-refractivity contribution is -0.870. The summed E-state index contributed by atoms with van der Waals surface area (Å²) in [5, 5.41) is 0. The third-order valence-electron chi connectivity index (χ3n) is 5.63. The van der Waals surface area contributed by atoms with Crippen molar-refractivity contribution in [2.24, 2.45) is 0 Å². The van der Waals surface area contributed by atoms with Crippen molar-refractivity contribution >= 4 is 5.97 Å². The highest BCUT2D eigenvalue weighted by atomic mass is 16.6. The number of quaternary nitrogens is 1. The topological polar surface area (TPSA) is 54.0 Å². The third kappa shape index (κ3) is 29.3. The van der Waals surface area contributed by atoms with E-state index in [1.54, 1.807) is 0 Å². The van der Waals surface area contributed by atoms with E-state index in [9.17, 15) is 4.79 Å². The van der Waals surface area contributed by atoms with E-state index in [2.05, 4.69) is 28.1 Å². The van der Waals surface area contributed by atoms with Gasteiger partial charge in [0.1, 0.15) is 13.2 Å². The summed E-state index contributed by atoms with van der Waals surface area (Å²) in [6.45, 7) is 6.98. The lowest BCUT2D eigenvalue weighted by atomic mass is 10.0. The van der Waals surface area contributed by atoms with Crippen LogP contribution in [0, 0.1) is 0 Å². The Kier molecular flexibility index (Phi) is 23.9. The fourth-order valence-electron chi connectivity index (χ4n) is 3.45.